The number of benzene rings is 1. The van der Waals surface area contributed by atoms with Gasteiger partial charge in [-0.25, -0.2) is 13.8 Å². The van der Waals surface area contributed by atoms with Gasteiger partial charge >= 0.3 is 0 Å². The Balaban J connectivity index is 1.88. The average Bonchev–Trinajstić information content (AvgIpc) is 2.75. The molecule has 0 aliphatic carbocycles. The smallest absolute Gasteiger partial charge is 0.131 e. The number of hydrogen-bond donors (Lipinski definition) is 2. The van der Waals surface area contributed by atoms with E-state index in [1.165, 1.54) is 6.07 Å². The maximum Gasteiger partial charge on any atom is 0.131 e. The topological polar surface area (TPSA) is 45.2 Å². The molecule has 0 amide bonds. The lowest BCUT2D eigenvalue weighted by molar-refractivity contribution is 0.169. The van der Waals surface area contributed by atoms with E-state index in [2.05, 4.69) is 10.3 Å². The monoisotopic (exact) mass is 284 g/mol. The van der Waals surface area contributed by atoms with Gasteiger partial charge in [0, 0.05) is 35.8 Å². The predicted molar refractivity (Wildman–Crippen MR) is 69.9 cm³/mol. The van der Waals surface area contributed by atoms with Crippen LogP contribution in [-0.4, -0.2) is 16.6 Å². The van der Waals surface area contributed by atoms with Crippen LogP contribution in [0.25, 0.3) is 0 Å². The maximum absolute atomic E-state index is 13.4. The summed E-state index contributed by atoms with van der Waals surface area (Å²) in [6, 6.07) is 3.16. The van der Waals surface area contributed by atoms with Crippen LogP contribution in [0.1, 0.15) is 21.6 Å². The van der Waals surface area contributed by atoms with Gasteiger partial charge in [0.25, 0.3) is 0 Å². The molecule has 2 aromatic rings. The molecule has 0 saturated carbocycles. The van der Waals surface area contributed by atoms with Gasteiger partial charge in [-0.1, -0.05) is 6.07 Å². The molecule has 102 valence electrons. The predicted octanol–water partition coefficient (Wildman–Crippen LogP) is 2.55. The van der Waals surface area contributed by atoms with Gasteiger partial charge in [0.15, 0.2) is 0 Å². The second-order valence-corrected chi connectivity index (χ2v) is 5.48. The normalized spacial score (nSPS) is 12.6. The Morgan fingerprint density at radius 2 is 2.21 bits per heavy atom. The van der Waals surface area contributed by atoms with Crippen LogP contribution < -0.4 is 5.32 Å². The third kappa shape index (κ3) is 3.79. The van der Waals surface area contributed by atoms with Crippen LogP contribution in [0.2, 0.25) is 0 Å². The molecule has 3 nitrogen and oxygen atoms in total. The van der Waals surface area contributed by atoms with E-state index in [0.717, 1.165) is 22.0 Å². The minimum atomic E-state index is -1.00. The van der Waals surface area contributed by atoms with Crippen molar-refractivity contribution in [2.24, 2.45) is 0 Å². The summed E-state index contributed by atoms with van der Waals surface area (Å²) in [7, 11) is 0. The number of rotatable bonds is 5. The third-order valence-electron chi connectivity index (χ3n) is 2.63. The first-order chi connectivity index (χ1) is 9.06. The Morgan fingerprint density at radius 1 is 1.42 bits per heavy atom. The zero-order valence-electron chi connectivity index (χ0n) is 10.4. The number of nitrogens with one attached hydrogen (secondary N) is 1. The molecule has 0 fully saturated rings. The van der Waals surface area contributed by atoms with E-state index in [-0.39, 0.29) is 12.1 Å². The fraction of sp³-hybridized carbons (Fsp3) is 0.308. The summed E-state index contributed by atoms with van der Waals surface area (Å²) in [5.41, 5.74) is 0.0920. The van der Waals surface area contributed by atoms with Gasteiger partial charge in [0.1, 0.15) is 11.6 Å². The molecule has 0 radical (unpaired) electrons. The van der Waals surface area contributed by atoms with Crippen LogP contribution in [0.4, 0.5) is 8.78 Å². The molecule has 6 heteroatoms. The fourth-order valence-corrected chi connectivity index (χ4v) is 2.47. The molecule has 0 bridgehead atoms. The van der Waals surface area contributed by atoms with Crippen molar-refractivity contribution < 1.29 is 13.9 Å². The van der Waals surface area contributed by atoms with E-state index >= 15 is 0 Å². The van der Waals surface area contributed by atoms with Gasteiger partial charge in [-0.15, -0.1) is 11.3 Å². The molecule has 0 aliphatic rings. The molecule has 0 saturated heterocycles. The second kappa shape index (κ2) is 6.18. The van der Waals surface area contributed by atoms with Crippen molar-refractivity contribution in [3.8, 4) is 0 Å². The highest BCUT2D eigenvalue weighted by Gasteiger charge is 2.13. The summed E-state index contributed by atoms with van der Waals surface area (Å²) in [5.74, 6) is -1.38. The molecular weight excluding hydrogens is 270 g/mol. The van der Waals surface area contributed by atoms with Crippen LogP contribution in [0.15, 0.2) is 24.4 Å². The Hall–Kier alpha value is -1.37. The Morgan fingerprint density at radius 3 is 2.84 bits per heavy atom. The lowest BCUT2D eigenvalue weighted by Crippen LogP contribution is -2.21. The number of nitrogens with zero attached hydrogens (tertiary/aromatic N) is 1. The SMILES string of the molecule is Cc1ncc(CNCC(O)c2ccc(F)cc2F)s1. The van der Waals surface area contributed by atoms with Crippen molar-refractivity contribution in [1.29, 1.82) is 0 Å². The van der Waals surface area contributed by atoms with E-state index in [9.17, 15) is 13.9 Å². The van der Waals surface area contributed by atoms with E-state index in [1.54, 1.807) is 17.5 Å². The van der Waals surface area contributed by atoms with Crippen LogP contribution in [-0.2, 0) is 6.54 Å². The van der Waals surface area contributed by atoms with Crippen LogP contribution >= 0.6 is 11.3 Å². The molecule has 1 aromatic carbocycles. The molecule has 2 N–H and O–H groups in total. The first-order valence-electron chi connectivity index (χ1n) is 5.81. The zero-order valence-corrected chi connectivity index (χ0v) is 11.2. The van der Waals surface area contributed by atoms with E-state index in [4.69, 9.17) is 0 Å². The number of hydrogen-bond acceptors (Lipinski definition) is 4. The van der Waals surface area contributed by atoms with Crippen molar-refractivity contribution >= 4 is 11.3 Å². The van der Waals surface area contributed by atoms with Gasteiger partial charge in [-0.2, -0.15) is 0 Å². The van der Waals surface area contributed by atoms with Crippen molar-refractivity contribution in [1.82, 2.24) is 10.3 Å². The summed E-state index contributed by atoms with van der Waals surface area (Å²) in [6.45, 7) is 2.67. The first-order valence-corrected chi connectivity index (χ1v) is 6.63. The summed E-state index contributed by atoms with van der Waals surface area (Å²) in [4.78, 5) is 5.16. The lowest BCUT2D eigenvalue weighted by Gasteiger charge is -2.12. The quantitative estimate of drug-likeness (QED) is 0.887. The number of aliphatic hydroxyl groups excluding tert-OH is 1. The van der Waals surface area contributed by atoms with Crippen molar-refractivity contribution in [3.05, 3.63) is 51.5 Å². The van der Waals surface area contributed by atoms with Crippen LogP contribution in [0.5, 0.6) is 0 Å². The zero-order chi connectivity index (χ0) is 13.8. The summed E-state index contributed by atoms with van der Waals surface area (Å²) >= 11 is 1.56. The van der Waals surface area contributed by atoms with Gasteiger partial charge in [0.2, 0.25) is 0 Å². The van der Waals surface area contributed by atoms with E-state index in [1.807, 2.05) is 6.92 Å². The minimum absolute atomic E-state index is 0.0920. The average molecular weight is 284 g/mol. The molecule has 1 unspecified atom stereocenters. The summed E-state index contributed by atoms with van der Waals surface area (Å²) in [5, 5.41) is 13.8. The van der Waals surface area contributed by atoms with E-state index < -0.39 is 17.7 Å². The number of thiazole rings is 1. The Bertz CT molecular complexity index is 559. The lowest BCUT2D eigenvalue weighted by atomic mass is 10.1. The van der Waals surface area contributed by atoms with Gasteiger partial charge < -0.3 is 10.4 Å². The van der Waals surface area contributed by atoms with Crippen molar-refractivity contribution in [2.45, 2.75) is 19.6 Å². The van der Waals surface area contributed by atoms with Gasteiger partial charge in [-0.05, 0) is 13.0 Å². The number of aryl methyl sites for hydroxylation is 1. The molecule has 2 rings (SSSR count). The highest BCUT2D eigenvalue weighted by molar-refractivity contribution is 7.11. The second-order valence-electron chi connectivity index (χ2n) is 4.16. The van der Waals surface area contributed by atoms with Crippen LogP contribution in [0, 0.1) is 18.6 Å². The molecule has 1 heterocycles. The van der Waals surface area contributed by atoms with Crippen molar-refractivity contribution in [3.63, 3.8) is 0 Å². The summed E-state index contributed by atoms with van der Waals surface area (Å²) in [6.07, 6.45) is 0.757. The first kappa shape index (κ1) is 14.0. The standard InChI is InChI=1S/C13H14F2N2OS/c1-8-17-6-10(19-8)5-16-7-13(18)11-3-2-9(14)4-12(11)15/h2-4,6,13,16,18H,5,7H2,1H3. The molecule has 0 spiro atoms. The molecule has 1 aromatic heterocycles. The number of halogens is 2. The van der Waals surface area contributed by atoms with Crippen molar-refractivity contribution in [2.75, 3.05) is 6.54 Å². The van der Waals surface area contributed by atoms with Crippen LogP contribution in [0.3, 0.4) is 0 Å². The maximum atomic E-state index is 13.4. The minimum Gasteiger partial charge on any atom is -0.387 e. The highest BCUT2D eigenvalue weighted by Crippen LogP contribution is 2.18. The molecule has 0 aliphatic heterocycles. The fourth-order valence-electron chi connectivity index (χ4n) is 1.70. The molecular formula is C13H14F2N2OS. The number of aliphatic hydroxyl groups is 1. The van der Waals surface area contributed by atoms with Gasteiger partial charge in [-0.3, -0.25) is 0 Å². The molecule has 1 atom stereocenters. The third-order valence-corrected chi connectivity index (χ3v) is 3.54. The highest BCUT2D eigenvalue weighted by atomic mass is 32.1. The van der Waals surface area contributed by atoms with Gasteiger partial charge in [0.05, 0.1) is 11.1 Å². The number of aromatic nitrogens is 1. The molecule has 19 heavy (non-hydrogen) atoms. The Labute approximate surface area is 113 Å². The largest absolute Gasteiger partial charge is 0.387 e. The Kier molecular flexibility index (Phi) is 4.57. The van der Waals surface area contributed by atoms with E-state index in [0.29, 0.717) is 6.54 Å². The summed E-state index contributed by atoms with van der Waals surface area (Å²) < 4.78 is 26.2.